The smallest absolute Gasteiger partial charge is 0.120 e. The second-order valence-corrected chi connectivity index (χ2v) is 7.72. The first-order chi connectivity index (χ1) is 11.0. The average Bonchev–Trinajstić information content (AvgIpc) is 2.54. The van der Waals surface area contributed by atoms with E-state index in [1.807, 2.05) is 0 Å². The molecular formula is C21H29NO. The van der Waals surface area contributed by atoms with Gasteiger partial charge in [0.25, 0.3) is 0 Å². The maximum atomic E-state index is 5.97. The van der Waals surface area contributed by atoms with Gasteiger partial charge in [-0.25, -0.2) is 0 Å². The van der Waals surface area contributed by atoms with Gasteiger partial charge in [-0.15, -0.1) is 0 Å². The minimum absolute atomic E-state index is 0.192. The molecule has 0 spiro atoms. The van der Waals surface area contributed by atoms with E-state index in [-0.39, 0.29) is 5.41 Å². The highest BCUT2D eigenvalue weighted by Gasteiger charge is 2.14. The fourth-order valence-electron chi connectivity index (χ4n) is 3.26. The van der Waals surface area contributed by atoms with Crippen LogP contribution in [0.15, 0.2) is 36.4 Å². The van der Waals surface area contributed by atoms with Crippen LogP contribution in [0.2, 0.25) is 0 Å². The van der Waals surface area contributed by atoms with E-state index in [4.69, 9.17) is 4.74 Å². The molecule has 23 heavy (non-hydrogen) atoms. The molecule has 0 atom stereocenters. The third kappa shape index (κ3) is 4.26. The molecular weight excluding hydrogens is 282 g/mol. The summed E-state index contributed by atoms with van der Waals surface area (Å²) in [5.74, 6) is 0.984. The van der Waals surface area contributed by atoms with Crippen molar-refractivity contribution in [1.29, 1.82) is 0 Å². The zero-order valence-electron chi connectivity index (χ0n) is 14.8. The quantitative estimate of drug-likeness (QED) is 0.787. The van der Waals surface area contributed by atoms with Gasteiger partial charge < -0.3 is 4.74 Å². The molecule has 1 heterocycles. The lowest BCUT2D eigenvalue weighted by molar-refractivity contribution is 0.183. The second-order valence-electron chi connectivity index (χ2n) is 7.72. The largest absolute Gasteiger partial charge is 0.492 e. The minimum Gasteiger partial charge on any atom is -0.492 e. The van der Waals surface area contributed by atoms with E-state index in [0.29, 0.717) is 0 Å². The summed E-state index contributed by atoms with van der Waals surface area (Å²) in [5.41, 5.74) is 1.57. The molecule has 2 nitrogen and oxygen atoms in total. The molecule has 1 aliphatic rings. The van der Waals surface area contributed by atoms with Crippen LogP contribution in [0.3, 0.4) is 0 Å². The fourth-order valence-corrected chi connectivity index (χ4v) is 3.26. The Balaban J connectivity index is 1.63. The van der Waals surface area contributed by atoms with Gasteiger partial charge in [-0.1, -0.05) is 51.5 Å². The van der Waals surface area contributed by atoms with E-state index >= 15 is 0 Å². The third-order valence-electron chi connectivity index (χ3n) is 4.80. The van der Waals surface area contributed by atoms with E-state index in [1.165, 1.54) is 48.7 Å². The number of rotatable bonds is 4. The third-order valence-corrected chi connectivity index (χ3v) is 4.80. The Hall–Kier alpha value is -1.54. The fraction of sp³-hybridized carbons (Fsp3) is 0.524. The first kappa shape index (κ1) is 16.3. The molecule has 1 aliphatic heterocycles. The molecule has 1 fully saturated rings. The molecule has 0 saturated carbocycles. The first-order valence-corrected chi connectivity index (χ1v) is 8.92. The van der Waals surface area contributed by atoms with Crippen LogP contribution in [0, 0.1) is 0 Å². The van der Waals surface area contributed by atoms with Gasteiger partial charge in [0.05, 0.1) is 0 Å². The number of likely N-dealkylation sites (tertiary alicyclic amines) is 1. The summed E-state index contributed by atoms with van der Waals surface area (Å²) in [6, 6.07) is 13.2. The summed E-state index contributed by atoms with van der Waals surface area (Å²) >= 11 is 0. The SMILES string of the molecule is CC(C)(C)c1ccc2cc(OCCN3CCCCC3)ccc2c1. The van der Waals surface area contributed by atoms with Crippen molar-refractivity contribution in [2.24, 2.45) is 0 Å². The average molecular weight is 311 g/mol. The lowest BCUT2D eigenvalue weighted by Gasteiger charge is -2.26. The van der Waals surface area contributed by atoms with Crippen LogP contribution in [0.5, 0.6) is 5.75 Å². The lowest BCUT2D eigenvalue weighted by Crippen LogP contribution is -2.33. The van der Waals surface area contributed by atoms with E-state index in [1.54, 1.807) is 0 Å². The minimum atomic E-state index is 0.192. The second kappa shape index (κ2) is 6.92. The molecule has 2 aromatic carbocycles. The maximum absolute atomic E-state index is 5.97. The summed E-state index contributed by atoms with van der Waals surface area (Å²) in [6.45, 7) is 11.1. The first-order valence-electron chi connectivity index (χ1n) is 8.92. The molecule has 3 rings (SSSR count). The Kier molecular flexibility index (Phi) is 4.91. The van der Waals surface area contributed by atoms with E-state index in [9.17, 15) is 0 Å². The van der Waals surface area contributed by atoms with Crippen LogP contribution in [0.4, 0.5) is 0 Å². The molecule has 124 valence electrons. The summed E-state index contributed by atoms with van der Waals surface area (Å²) in [5, 5.41) is 2.55. The van der Waals surface area contributed by atoms with Gasteiger partial charge in [0, 0.05) is 6.54 Å². The Labute approximate surface area is 140 Å². The Morgan fingerprint density at radius 2 is 1.61 bits per heavy atom. The molecule has 0 radical (unpaired) electrons. The van der Waals surface area contributed by atoms with E-state index in [2.05, 4.69) is 62.1 Å². The van der Waals surface area contributed by atoms with Crippen molar-refractivity contribution in [2.75, 3.05) is 26.2 Å². The highest BCUT2D eigenvalue weighted by atomic mass is 16.5. The topological polar surface area (TPSA) is 12.5 Å². The Morgan fingerprint density at radius 1 is 0.913 bits per heavy atom. The summed E-state index contributed by atoms with van der Waals surface area (Å²) in [6.07, 6.45) is 4.07. The molecule has 1 saturated heterocycles. The van der Waals surface area contributed by atoms with Crippen LogP contribution in [0.1, 0.15) is 45.6 Å². The molecule has 2 heteroatoms. The number of hydrogen-bond acceptors (Lipinski definition) is 2. The number of fused-ring (bicyclic) bond motifs is 1. The highest BCUT2D eigenvalue weighted by molar-refractivity contribution is 5.84. The van der Waals surface area contributed by atoms with Crippen molar-refractivity contribution in [1.82, 2.24) is 4.90 Å². The van der Waals surface area contributed by atoms with Crippen molar-refractivity contribution < 1.29 is 4.74 Å². The highest BCUT2D eigenvalue weighted by Crippen LogP contribution is 2.28. The van der Waals surface area contributed by atoms with Crippen molar-refractivity contribution >= 4 is 10.8 Å². The molecule has 0 unspecified atom stereocenters. The molecule has 0 aromatic heterocycles. The zero-order valence-corrected chi connectivity index (χ0v) is 14.8. The number of nitrogens with zero attached hydrogens (tertiary/aromatic N) is 1. The molecule has 2 aromatic rings. The molecule has 0 aliphatic carbocycles. The van der Waals surface area contributed by atoms with Crippen LogP contribution in [0.25, 0.3) is 10.8 Å². The zero-order chi connectivity index (χ0) is 16.3. The maximum Gasteiger partial charge on any atom is 0.120 e. The normalized spacial score (nSPS) is 16.7. The van der Waals surface area contributed by atoms with Gasteiger partial charge in [-0.2, -0.15) is 0 Å². The van der Waals surface area contributed by atoms with Crippen molar-refractivity contribution in [3.8, 4) is 5.75 Å². The number of piperidine rings is 1. The van der Waals surface area contributed by atoms with Crippen LogP contribution >= 0.6 is 0 Å². The van der Waals surface area contributed by atoms with Gasteiger partial charge in [-0.05, 0) is 59.8 Å². The van der Waals surface area contributed by atoms with Gasteiger partial charge in [-0.3, -0.25) is 4.90 Å². The van der Waals surface area contributed by atoms with Crippen LogP contribution in [-0.4, -0.2) is 31.1 Å². The van der Waals surface area contributed by atoms with Crippen molar-refractivity contribution in [3.63, 3.8) is 0 Å². The number of benzene rings is 2. The lowest BCUT2D eigenvalue weighted by atomic mass is 9.86. The van der Waals surface area contributed by atoms with E-state index in [0.717, 1.165) is 18.9 Å². The van der Waals surface area contributed by atoms with Crippen LogP contribution < -0.4 is 4.74 Å². The predicted octanol–water partition coefficient (Wildman–Crippen LogP) is 5.00. The summed E-state index contributed by atoms with van der Waals surface area (Å²) in [7, 11) is 0. The van der Waals surface area contributed by atoms with E-state index < -0.39 is 0 Å². The molecule has 0 amide bonds. The molecule has 0 N–H and O–H groups in total. The van der Waals surface area contributed by atoms with Gasteiger partial charge in [0.1, 0.15) is 12.4 Å². The monoisotopic (exact) mass is 311 g/mol. The Morgan fingerprint density at radius 3 is 2.35 bits per heavy atom. The Bertz CT molecular complexity index is 650. The van der Waals surface area contributed by atoms with Gasteiger partial charge in [0.2, 0.25) is 0 Å². The predicted molar refractivity (Wildman–Crippen MR) is 98.4 cm³/mol. The van der Waals surface area contributed by atoms with Gasteiger partial charge in [0.15, 0.2) is 0 Å². The van der Waals surface area contributed by atoms with Gasteiger partial charge >= 0.3 is 0 Å². The standard InChI is InChI=1S/C21H29NO/c1-21(2,3)19-9-7-18-16-20(10-8-17(18)15-19)23-14-13-22-11-5-4-6-12-22/h7-10,15-16H,4-6,11-14H2,1-3H3. The summed E-state index contributed by atoms with van der Waals surface area (Å²) < 4.78 is 5.97. The van der Waals surface area contributed by atoms with Crippen molar-refractivity contribution in [3.05, 3.63) is 42.0 Å². The molecule has 0 bridgehead atoms. The number of hydrogen-bond donors (Lipinski definition) is 0. The van der Waals surface area contributed by atoms with Crippen LogP contribution in [-0.2, 0) is 5.41 Å². The summed E-state index contributed by atoms with van der Waals surface area (Å²) in [4.78, 5) is 2.51. The number of ether oxygens (including phenoxy) is 1. The van der Waals surface area contributed by atoms with Crippen molar-refractivity contribution in [2.45, 2.75) is 45.4 Å².